The van der Waals surface area contributed by atoms with Crippen LogP contribution in [0.3, 0.4) is 0 Å². The fraction of sp³-hybridized carbons (Fsp3) is 0.304. The molecule has 0 radical (unpaired) electrons. The lowest BCUT2D eigenvalue weighted by Crippen LogP contribution is -2.38. The van der Waals surface area contributed by atoms with Crippen LogP contribution < -0.4 is 10.6 Å². The Kier molecular flexibility index (Phi) is 7.90. The minimum atomic E-state index is -0.349. The van der Waals surface area contributed by atoms with Crippen molar-refractivity contribution in [2.45, 2.75) is 26.8 Å². The highest BCUT2D eigenvalue weighted by Crippen LogP contribution is 2.29. The fourth-order valence-corrected chi connectivity index (χ4v) is 4.71. The molecule has 3 rings (SSSR count). The number of thiophene rings is 1. The van der Waals surface area contributed by atoms with Gasteiger partial charge in [0.1, 0.15) is 0 Å². The molecule has 31 heavy (non-hydrogen) atoms. The molecule has 6 nitrogen and oxygen atoms in total. The predicted octanol–water partition coefficient (Wildman–Crippen LogP) is 5.37. The number of benzene rings is 1. The van der Waals surface area contributed by atoms with E-state index in [1.165, 1.54) is 17.6 Å². The predicted molar refractivity (Wildman–Crippen MR) is 125 cm³/mol. The summed E-state index contributed by atoms with van der Waals surface area (Å²) in [6, 6.07) is 12.7. The first-order valence-electron chi connectivity index (χ1n) is 10.2. The maximum absolute atomic E-state index is 12.9. The average molecular weight is 460 g/mol. The number of nitrogens with one attached hydrogen (secondary N) is 2. The van der Waals surface area contributed by atoms with E-state index < -0.39 is 0 Å². The van der Waals surface area contributed by atoms with Crippen LogP contribution in [0.2, 0.25) is 5.02 Å². The smallest absolute Gasteiger partial charge is 0.291 e. The number of nitrogens with zero attached hydrogens (tertiary/aromatic N) is 1. The van der Waals surface area contributed by atoms with Crippen molar-refractivity contribution >= 4 is 39.8 Å². The second-order valence-electron chi connectivity index (χ2n) is 7.02. The van der Waals surface area contributed by atoms with Crippen LogP contribution >= 0.6 is 22.9 Å². The van der Waals surface area contributed by atoms with E-state index in [2.05, 4.69) is 29.4 Å². The van der Waals surface area contributed by atoms with Crippen LogP contribution in [-0.2, 0) is 0 Å². The number of anilines is 1. The second kappa shape index (κ2) is 10.6. The molecule has 1 aromatic carbocycles. The van der Waals surface area contributed by atoms with Crippen molar-refractivity contribution in [3.05, 3.63) is 75.5 Å². The van der Waals surface area contributed by atoms with E-state index in [9.17, 15) is 9.59 Å². The van der Waals surface area contributed by atoms with Crippen molar-refractivity contribution < 1.29 is 14.0 Å². The molecule has 2 N–H and O–H groups in total. The lowest BCUT2D eigenvalue weighted by Gasteiger charge is -2.30. The monoisotopic (exact) mass is 459 g/mol. The molecule has 0 saturated carbocycles. The van der Waals surface area contributed by atoms with Crippen LogP contribution in [-0.4, -0.2) is 36.3 Å². The zero-order valence-electron chi connectivity index (χ0n) is 17.8. The Labute approximate surface area is 191 Å². The van der Waals surface area contributed by atoms with Gasteiger partial charge in [0, 0.05) is 11.6 Å². The summed E-state index contributed by atoms with van der Waals surface area (Å²) in [7, 11) is 0. The first kappa shape index (κ1) is 23.1. The van der Waals surface area contributed by atoms with Gasteiger partial charge in [-0.15, -0.1) is 11.3 Å². The highest BCUT2D eigenvalue weighted by molar-refractivity contribution is 7.18. The Balaban J connectivity index is 1.72. The molecule has 0 aliphatic heterocycles. The van der Waals surface area contributed by atoms with Crippen molar-refractivity contribution in [2.75, 3.05) is 25.0 Å². The summed E-state index contributed by atoms with van der Waals surface area (Å²) in [5.74, 6) is -0.303. The highest BCUT2D eigenvalue weighted by atomic mass is 35.5. The number of hydrogen-bond donors (Lipinski definition) is 2. The fourth-order valence-electron chi connectivity index (χ4n) is 3.47. The van der Waals surface area contributed by atoms with E-state index in [-0.39, 0.29) is 23.6 Å². The number of furan rings is 1. The third kappa shape index (κ3) is 5.55. The number of carbonyl (C=O) groups excluding carboxylic acids is 2. The normalized spacial score (nSPS) is 12.0. The van der Waals surface area contributed by atoms with Crippen LogP contribution in [0.25, 0.3) is 0 Å². The molecule has 3 aromatic rings. The number of aryl methyl sites for hydroxylation is 1. The summed E-state index contributed by atoms with van der Waals surface area (Å²) in [5, 5.41) is 7.10. The van der Waals surface area contributed by atoms with Gasteiger partial charge in [0.15, 0.2) is 5.76 Å². The average Bonchev–Trinajstić information content (AvgIpc) is 3.41. The summed E-state index contributed by atoms with van der Waals surface area (Å²) >= 11 is 7.68. The molecule has 164 valence electrons. The summed E-state index contributed by atoms with van der Waals surface area (Å²) in [6.45, 7) is 8.13. The van der Waals surface area contributed by atoms with Crippen LogP contribution in [0.4, 0.5) is 5.00 Å². The van der Waals surface area contributed by atoms with E-state index in [1.54, 1.807) is 18.2 Å². The number of halogens is 1. The van der Waals surface area contributed by atoms with Crippen LogP contribution in [0.1, 0.15) is 51.2 Å². The highest BCUT2D eigenvalue weighted by Gasteiger charge is 2.23. The molecule has 2 amide bonds. The molecule has 1 atom stereocenters. The number of rotatable bonds is 9. The van der Waals surface area contributed by atoms with Gasteiger partial charge < -0.3 is 15.1 Å². The van der Waals surface area contributed by atoms with Crippen LogP contribution in [0.5, 0.6) is 0 Å². The van der Waals surface area contributed by atoms with Crippen LogP contribution in [0, 0.1) is 6.92 Å². The van der Waals surface area contributed by atoms with Gasteiger partial charge in [-0.2, -0.15) is 0 Å². The van der Waals surface area contributed by atoms with Crippen molar-refractivity contribution in [2.24, 2.45) is 0 Å². The van der Waals surface area contributed by atoms with Gasteiger partial charge in [0.25, 0.3) is 11.8 Å². The lowest BCUT2D eigenvalue weighted by molar-refractivity contribution is 0.0937. The van der Waals surface area contributed by atoms with E-state index in [1.807, 2.05) is 31.2 Å². The van der Waals surface area contributed by atoms with Gasteiger partial charge in [0.05, 0.1) is 22.2 Å². The molecule has 0 aliphatic carbocycles. The minimum absolute atomic E-state index is 0.0361. The number of amides is 2. The molecule has 0 spiro atoms. The maximum Gasteiger partial charge on any atom is 0.291 e. The van der Waals surface area contributed by atoms with Crippen molar-refractivity contribution in [3.8, 4) is 0 Å². The Morgan fingerprint density at radius 1 is 1.13 bits per heavy atom. The molecule has 0 bridgehead atoms. The van der Waals surface area contributed by atoms with Gasteiger partial charge in [-0.25, -0.2) is 0 Å². The summed E-state index contributed by atoms with van der Waals surface area (Å²) in [5.41, 5.74) is 1.79. The van der Waals surface area contributed by atoms with Gasteiger partial charge in [-0.1, -0.05) is 43.6 Å². The number of hydrogen-bond acceptors (Lipinski definition) is 5. The topological polar surface area (TPSA) is 74.6 Å². The zero-order valence-corrected chi connectivity index (χ0v) is 19.3. The van der Waals surface area contributed by atoms with Gasteiger partial charge in [0.2, 0.25) is 0 Å². The Bertz CT molecular complexity index is 1030. The maximum atomic E-state index is 12.9. The Morgan fingerprint density at radius 3 is 2.52 bits per heavy atom. The van der Waals surface area contributed by atoms with Crippen LogP contribution in [0.15, 0.2) is 53.1 Å². The Morgan fingerprint density at radius 2 is 1.87 bits per heavy atom. The minimum Gasteiger partial charge on any atom is -0.459 e. The lowest BCUT2D eigenvalue weighted by atomic mass is 10.0. The first-order valence-corrected chi connectivity index (χ1v) is 11.4. The van der Waals surface area contributed by atoms with Gasteiger partial charge in [-0.3, -0.25) is 14.5 Å². The van der Waals surface area contributed by atoms with Crippen molar-refractivity contribution in [1.29, 1.82) is 0 Å². The number of carbonyl (C=O) groups is 2. The standard InChI is InChI=1S/C23H26ClN3O3S/c1-4-27(5-2)18(16-9-6-7-10-17(16)24)14-25-23(29)21-15(3)13-20(31-21)26-22(28)19-11-8-12-30-19/h6-13,18H,4-5,14H2,1-3H3,(H,25,29)(H,26,28). The molecule has 0 saturated heterocycles. The zero-order chi connectivity index (χ0) is 22.4. The Hall–Kier alpha value is -2.61. The van der Waals surface area contributed by atoms with Crippen molar-refractivity contribution in [3.63, 3.8) is 0 Å². The summed E-state index contributed by atoms with van der Waals surface area (Å²) in [4.78, 5) is 27.9. The van der Waals surface area contributed by atoms with E-state index in [4.69, 9.17) is 16.0 Å². The first-order chi connectivity index (χ1) is 14.9. The molecule has 0 aliphatic rings. The van der Waals surface area contributed by atoms with E-state index in [0.29, 0.717) is 21.4 Å². The molecular weight excluding hydrogens is 434 g/mol. The largest absolute Gasteiger partial charge is 0.459 e. The summed E-state index contributed by atoms with van der Waals surface area (Å²) in [6.07, 6.45) is 1.44. The molecule has 1 unspecified atom stereocenters. The third-order valence-electron chi connectivity index (χ3n) is 5.08. The van der Waals surface area contributed by atoms with Gasteiger partial charge in [-0.05, 0) is 55.4 Å². The summed E-state index contributed by atoms with van der Waals surface area (Å²) < 4.78 is 5.11. The molecule has 0 fully saturated rings. The number of likely N-dealkylation sites (N-methyl/N-ethyl adjacent to an activating group) is 1. The second-order valence-corrected chi connectivity index (χ2v) is 8.48. The molecule has 2 heterocycles. The molecule has 8 heteroatoms. The molecule has 2 aromatic heterocycles. The van der Waals surface area contributed by atoms with E-state index in [0.717, 1.165) is 24.2 Å². The van der Waals surface area contributed by atoms with E-state index >= 15 is 0 Å². The quantitative estimate of drug-likeness (QED) is 0.451. The van der Waals surface area contributed by atoms with Crippen molar-refractivity contribution in [1.82, 2.24) is 10.2 Å². The molecular formula is C23H26ClN3O3S. The SMILES string of the molecule is CCN(CC)C(CNC(=O)c1sc(NC(=O)c2ccco2)cc1C)c1ccccc1Cl. The van der Waals surface area contributed by atoms with Gasteiger partial charge >= 0.3 is 0 Å². The third-order valence-corrected chi connectivity index (χ3v) is 6.57.